The summed E-state index contributed by atoms with van der Waals surface area (Å²) in [5, 5.41) is 6.08. The van der Waals surface area contributed by atoms with Gasteiger partial charge in [-0.05, 0) is 0 Å². The van der Waals surface area contributed by atoms with Crippen LogP contribution in [-0.4, -0.2) is 48.8 Å². The topological polar surface area (TPSA) is 68.2 Å². The lowest BCUT2D eigenvalue weighted by Gasteiger charge is -2.10. The molecule has 0 aromatic carbocycles. The van der Waals surface area contributed by atoms with E-state index in [-0.39, 0.29) is 30.7 Å². The third kappa shape index (κ3) is 9.25. The molecule has 0 aliphatic rings. The van der Waals surface area contributed by atoms with E-state index in [1.807, 2.05) is 10.8 Å². The van der Waals surface area contributed by atoms with Gasteiger partial charge in [-0.15, -0.1) is 24.8 Å². The minimum Gasteiger partial charge on any atom is -0.383 e. The van der Waals surface area contributed by atoms with Crippen LogP contribution >= 0.6 is 24.8 Å². The van der Waals surface area contributed by atoms with E-state index in [0.717, 1.165) is 18.9 Å². The Morgan fingerprint density at radius 1 is 1.32 bits per heavy atom. The third-order valence-corrected chi connectivity index (χ3v) is 2.95. The van der Waals surface area contributed by atoms with Crippen molar-refractivity contribution in [1.29, 1.82) is 0 Å². The molecule has 1 rings (SSSR count). The number of hydrogen-bond donors (Lipinski definition) is 2. The summed E-state index contributed by atoms with van der Waals surface area (Å²) in [6.07, 6.45) is 4.19. The van der Waals surface area contributed by atoms with Gasteiger partial charge in [-0.1, -0.05) is 13.8 Å². The number of carbonyl (C=O) groups excluding carboxylic acids is 1. The summed E-state index contributed by atoms with van der Waals surface area (Å²) in [4.78, 5) is 16.0. The van der Waals surface area contributed by atoms with E-state index in [1.54, 1.807) is 13.3 Å². The molecule has 0 atom stereocenters. The molecule has 0 aliphatic carbocycles. The number of ether oxygens (including phenoxy) is 1. The molecule has 1 heterocycles. The van der Waals surface area contributed by atoms with Gasteiger partial charge in [0.2, 0.25) is 5.91 Å². The van der Waals surface area contributed by atoms with Crippen molar-refractivity contribution >= 4 is 30.7 Å². The van der Waals surface area contributed by atoms with Crippen LogP contribution in [0.2, 0.25) is 0 Å². The smallest absolute Gasteiger partial charge is 0.221 e. The Kier molecular flexibility index (Phi) is 14.7. The molecule has 0 unspecified atom stereocenters. The summed E-state index contributed by atoms with van der Waals surface area (Å²) in [6.45, 7) is 7.78. The molecular formula is C14H28Cl2N4O2. The quantitative estimate of drug-likeness (QED) is 0.626. The Morgan fingerprint density at radius 2 is 2.05 bits per heavy atom. The van der Waals surface area contributed by atoms with E-state index < -0.39 is 0 Å². The Morgan fingerprint density at radius 3 is 2.68 bits per heavy atom. The SMILES string of the molecule is COCCNCCNC(=O)CCn1ccnc1C(C)C.Cl.Cl. The number of methoxy groups -OCH3 is 1. The predicted octanol–water partition coefficient (Wildman–Crippen LogP) is 1.59. The van der Waals surface area contributed by atoms with Crippen molar-refractivity contribution in [2.75, 3.05) is 33.4 Å². The van der Waals surface area contributed by atoms with E-state index in [9.17, 15) is 4.79 Å². The van der Waals surface area contributed by atoms with Crippen LogP contribution in [-0.2, 0) is 16.1 Å². The largest absolute Gasteiger partial charge is 0.383 e. The van der Waals surface area contributed by atoms with Crippen molar-refractivity contribution in [2.24, 2.45) is 0 Å². The minimum atomic E-state index is 0. The molecule has 1 aromatic rings. The Bertz CT molecular complexity index is 400. The van der Waals surface area contributed by atoms with Crippen molar-refractivity contribution in [3.63, 3.8) is 0 Å². The highest BCUT2D eigenvalue weighted by molar-refractivity contribution is 5.85. The molecule has 22 heavy (non-hydrogen) atoms. The molecule has 0 aliphatic heterocycles. The number of aromatic nitrogens is 2. The van der Waals surface area contributed by atoms with Crippen molar-refractivity contribution in [2.45, 2.75) is 32.7 Å². The van der Waals surface area contributed by atoms with Crippen LogP contribution in [0, 0.1) is 0 Å². The van der Waals surface area contributed by atoms with Crippen LogP contribution in [0.25, 0.3) is 0 Å². The standard InChI is InChI=1S/C14H26N4O2.2ClH/c1-12(2)14-17-7-10-18(14)9-4-13(19)16-6-5-15-8-11-20-3;;/h7,10,12,15H,4-6,8-9,11H2,1-3H3,(H,16,19);2*1H. The highest BCUT2D eigenvalue weighted by Crippen LogP contribution is 2.11. The fourth-order valence-corrected chi connectivity index (χ4v) is 1.91. The first-order valence-electron chi connectivity index (χ1n) is 7.12. The monoisotopic (exact) mass is 354 g/mol. The highest BCUT2D eigenvalue weighted by atomic mass is 35.5. The van der Waals surface area contributed by atoms with Crippen LogP contribution in [0.1, 0.15) is 32.0 Å². The molecule has 6 nitrogen and oxygen atoms in total. The van der Waals surface area contributed by atoms with E-state index in [1.165, 1.54) is 0 Å². The minimum absolute atomic E-state index is 0. The molecule has 0 spiro atoms. The van der Waals surface area contributed by atoms with Crippen molar-refractivity contribution in [3.05, 3.63) is 18.2 Å². The number of imidazole rings is 1. The summed E-state index contributed by atoms with van der Waals surface area (Å²) in [7, 11) is 1.67. The van der Waals surface area contributed by atoms with Crippen LogP contribution < -0.4 is 10.6 Å². The molecular weight excluding hydrogens is 327 g/mol. The zero-order chi connectivity index (χ0) is 14.8. The molecule has 0 fully saturated rings. The maximum Gasteiger partial charge on any atom is 0.221 e. The summed E-state index contributed by atoms with van der Waals surface area (Å²) in [5.74, 6) is 1.47. The average molecular weight is 355 g/mol. The molecule has 2 N–H and O–H groups in total. The van der Waals surface area contributed by atoms with Gasteiger partial charge in [0.15, 0.2) is 0 Å². The van der Waals surface area contributed by atoms with Gasteiger partial charge in [-0.25, -0.2) is 4.98 Å². The van der Waals surface area contributed by atoms with Gasteiger partial charge in [0.05, 0.1) is 6.61 Å². The molecule has 1 amide bonds. The lowest BCUT2D eigenvalue weighted by molar-refractivity contribution is -0.121. The van der Waals surface area contributed by atoms with Crippen molar-refractivity contribution < 1.29 is 9.53 Å². The number of nitrogens with one attached hydrogen (secondary N) is 2. The first kappa shape index (κ1) is 23.4. The van der Waals surface area contributed by atoms with Crippen molar-refractivity contribution in [1.82, 2.24) is 20.2 Å². The second kappa shape index (κ2) is 13.8. The number of halogens is 2. The predicted molar refractivity (Wildman–Crippen MR) is 93.2 cm³/mol. The first-order chi connectivity index (χ1) is 9.65. The summed E-state index contributed by atoms with van der Waals surface area (Å²) in [5.41, 5.74) is 0. The molecule has 0 radical (unpaired) electrons. The van der Waals surface area contributed by atoms with E-state index in [0.29, 0.717) is 32.0 Å². The molecule has 8 heteroatoms. The number of nitrogens with zero attached hydrogens (tertiary/aromatic N) is 2. The van der Waals surface area contributed by atoms with Crippen LogP contribution in [0.4, 0.5) is 0 Å². The number of amides is 1. The number of carbonyl (C=O) groups is 1. The van der Waals surface area contributed by atoms with Gasteiger partial charge in [-0.3, -0.25) is 4.79 Å². The Hall–Kier alpha value is -0.820. The van der Waals surface area contributed by atoms with Crippen LogP contribution in [0.15, 0.2) is 12.4 Å². The second-order valence-electron chi connectivity index (χ2n) is 4.98. The summed E-state index contributed by atoms with van der Waals surface area (Å²) >= 11 is 0. The van der Waals surface area contributed by atoms with Crippen LogP contribution in [0.5, 0.6) is 0 Å². The van der Waals surface area contributed by atoms with E-state index in [4.69, 9.17) is 4.74 Å². The van der Waals surface area contributed by atoms with Gasteiger partial charge in [0, 0.05) is 58.0 Å². The fourth-order valence-electron chi connectivity index (χ4n) is 1.91. The van der Waals surface area contributed by atoms with E-state index >= 15 is 0 Å². The van der Waals surface area contributed by atoms with Gasteiger partial charge in [0.25, 0.3) is 0 Å². The average Bonchev–Trinajstić information content (AvgIpc) is 2.89. The van der Waals surface area contributed by atoms with Gasteiger partial charge in [0.1, 0.15) is 5.82 Å². The Labute approximate surface area is 145 Å². The normalized spacial score (nSPS) is 10.0. The lowest BCUT2D eigenvalue weighted by Crippen LogP contribution is -2.33. The third-order valence-electron chi connectivity index (χ3n) is 2.95. The molecule has 0 saturated heterocycles. The summed E-state index contributed by atoms with van der Waals surface area (Å²) in [6, 6.07) is 0. The maximum atomic E-state index is 11.7. The van der Waals surface area contributed by atoms with Crippen LogP contribution in [0.3, 0.4) is 0 Å². The van der Waals surface area contributed by atoms with Gasteiger partial charge < -0.3 is 19.9 Å². The summed E-state index contributed by atoms with van der Waals surface area (Å²) < 4.78 is 6.96. The second-order valence-corrected chi connectivity index (χ2v) is 4.98. The number of aryl methyl sites for hydroxylation is 1. The van der Waals surface area contributed by atoms with Gasteiger partial charge in [-0.2, -0.15) is 0 Å². The maximum absolute atomic E-state index is 11.7. The highest BCUT2D eigenvalue weighted by Gasteiger charge is 2.08. The van der Waals surface area contributed by atoms with E-state index in [2.05, 4.69) is 29.5 Å². The molecule has 1 aromatic heterocycles. The fraction of sp³-hybridized carbons (Fsp3) is 0.714. The van der Waals surface area contributed by atoms with Gasteiger partial charge >= 0.3 is 0 Å². The zero-order valence-electron chi connectivity index (χ0n) is 13.5. The molecule has 0 bridgehead atoms. The number of rotatable bonds is 10. The number of hydrogen-bond acceptors (Lipinski definition) is 4. The molecule has 130 valence electrons. The zero-order valence-corrected chi connectivity index (χ0v) is 15.1. The Balaban J connectivity index is 0. The first-order valence-corrected chi connectivity index (χ1v) is 7.12. The molecule has 0 saturated carbocycles. The lowest BCUT2D eigenvalue weighted by atomic mass is 10.2. The van der Waals surface area contributed by atoms with Crippen molar-refractivity contribution in [3.8, 4) is 0 Å².